The fourth-order valence-electron chi connectivity index (χ4n) is 3.21. The molecule has 0 aromatic carbocycles. The molecule has 13 heteroatoms. The lowest BCUT2D eigenvalue weighted by Crippen LogP contribution is -2.70. The lowest BCUT2D eigenvalue weighted by Gasteiger charge is -2.49. The first-order valence-electron chi connectivity index (χ1n) is 9.08. The van der Waals surface area contributed by atoms with Gasteiger partial charge in [-0.15, -0.1) is 33.3 Å². The van der Waals surface area contributed by atoms with E-state index in [4.69, 9.17) is 4.74 Å². The molecule has 0 bridgehead atoms. The molecule has 2 aliphatic heterocycles. The molecule has 2 N–H and O–H groups in total. The first kappa shape index (κ1) is 21.5. The second-order valence-electron chi connectivity index (χ2n) is 6.62. The molecule has 2 aromatic heterocycles. The van der Waals surface area contributed by atoms with Crippen LogP contribution < -0.4 is 10.6 Å². The molecule has 10 nitrogen and oxygen atoms in total. The number of methoxy groups -OCH3 is 1. The van der Waals surface area contributed by atoms with Gasteiger partial charge in [-0.25, -0.2) is 4.79 Å². The highest BCUT2D eigenvalue weighted by molar-refractivity contribution is 8.00. The average Bonchev–Trinajstić information content (AvgIpc) is 3.42. The molecule has 162 valence electrons. The highest BCUT2D eigenvalue weighted by Crippen LogP contribution is 2.44. The van der Waals surface area contributed by atoms with Gasteiger partial charge in [0.25, 0.3) is 5.91 Å². The van der Waals surface area contributed by atoms with Gasteiger partial charge < -0.3 is 15.4 Å². The molecular formula is C18H17N5O5S3. The number of fused-ring (bicyclic) bond motifs is 1. The van der Waals surface area contributed by atoms with Crippen molar-refractivity contribution in [1.29, 1.82) is 0 Å². The van der Waals surface area contributed by atoms with Crippen LogP contribution in [0, 0.1) is 0 Å². The average molecular weight is 480 g/mol. The van der Waals surface area contributed by atoms with Crippen LogP contribution >= 0.6 is 34.4 Å². The molecule has 1 saturated heterocycles. The quantitative estimate of drug-likeness (QED) is 0.465. The van der Waals surface area contributed by atoms with Crippen LogP contribution in [0.15, 0.2) is 23.2 Å². The maximum absolute atomic E-state index is 12.9. The van der Waals surface area contributed by atoms with Crippen molar-refractivity contribution in [2.75, 3.05) is 18.2 Å². The number of esters is 1. The van der Waals surface area contributed by atoms with Gasteiger partial charge >= 0.3 is 5.97 Å². The summed E-state index contributed by atoms with van der Waals surface area (Å²) in [5.41, 5.74) is 0.587. The zero-order chi connectivity index (χ0) is 22.1. The summed E-state index contributed by atoms with van der Waals surface area (Å²) in [5.74, 6) is -1.23. The van der Waals surface area contributed by atoms with Crippen molar-refractivity contribution in [3.05, 3.63) is 33.1 Å². The van der Waals surface area contributed by atoms with Crippen molar-refractivity contribution in [3.8, 4) is 0 Å². The summed E-state index contributed by atoms with van der Waals surface area (Å²) in [6.07, 6.45) is 0.195. The zero-order valence-corrected chi connectivity index (χ0v) is 18.9. The lowest BCUT2D eigenvalue weighted by atomic mass is 10.0. The van der Waals surface area contributed by atoms with Crippen LogP contribution in [0.2, 0.25) is 0 Å². The minimum absolute atomic E-state index is 0.0885. The molecule has 3 amide bonds. The van der Waals surface area contributed by atoms with Crippen molar-refractivity contribution in [2.45, 2.75) is 24.8 Å². The number of hydrogen-bond acceptors (Lipinski definition) is 10. The molecule has 2 unspecified atom stereocenters. The van der Waals surface area contributed by atoms with Crippen LogP contribution in [0.1, 0.15) is 16.8 Å². The number of rotatable bonds is 6. The third kappa shape index (κ3) is 4.20. The molecule has 31 heavy (non-hydrogen) atoms. The van der Waals surface area contributed by atoms with Crippen molar-refractivity contribution in [2.24, 2.45) is 0 Å². The Balaban J connectivity index is 1.55. The van der Waals surface area contributed by atoms with E-state index in [1.54, 1.807) is 0 Å². The summed E-state index contributed by atoms with van der Waals surface area (Å²) >= 11 is 3.98. The summed E-state index contributed by atoms with van der Waals surface area (Å²) in [4.78, 5) is 51.2. The van der Waals surface area contributed by atoms with Crippen LogP contribution in [-0.4, -0.2) is 63.1 Å². The summed E-state index contributed by atoms with van der Waals surface area (Å²) in [6.45, 7) is 1.35. The first-order chi connectivity index (χ1) is 14.9. The molecule has 0 aliphatic carbocycles. The number of amides is 3. The van der Waals surface area contributed by atoms with E-state index < -0.39 is 17.4 Å². The number of ether oxygens (including phenoxy) is 1. The summed E-state index contributed by atoms with van der Waals surface area (Å²) < 4.78 is 4.90. The van der Waals surface area contributed by atoms with Crippen molar-refractivity contribution >= 4 is 68.8 Å². The van der Waals surface area contributed by atoms with Crippen LogP contribution in [-0.2, 0) is 30.3 Å². The number of aromatic nitrogens is 2. The number of hydrogen-bond donors (Lipinski definition) is 2. The molecule has 0 spiro atoms. The third-order valence-electron chi connectivity index (χ3n) is 4.54. The van der Waals surface area contributed by atoms with Crippen molar-refractivity contribution in [1.82, 2.24) is 20.4 Å². The highest BCUT2D eigenvalue weighted by atomic mass is 32.2. The number of β-lactam (4-membered cyclic amide) rings is 1. The van der Waals surface area contributed by atoms with Gasteiger partial charge in [0.05, 0.1) is 13.5 Å². The van der Waals surface area contributed by atoms with E-state index in [1.807, 2.05) is 17.5 Å². The van der Waals surface area contributed by atoms with Gasteiger partial charge in [0.2, 0.25) is 16.9 Å². The van der Waals surface area contributed by atoms with E-state index in [-0.39, 0.29) is 29.8 Å². The van der Waals surface area contributed by atoms with Gasteiger partial charge in [0.15, 0.2) is 0 Å². The van der Waals surface area contributed by atoms with Gasteiger partial charge in [-0.05, 0) is 11.4 Å². The second-order valence-corrected chi connectivity index (χ2v) is 9.74. The summed E-state index contributed by atoms with van der Waals surface area (Å²) in [5, 5.41) is 15.4. The number of carbonyl (C=O) groups is 4. The molecule has 2 aliphatic rings. The third-order valence-corrected chi connectivity index (χ3v) is 7.60. The normalized spacial score (nSPS) is 20.1. The van der Waals surface area contributed by atoms with E-state index in [0.717, 1.165) is 16.2 Å². The van der Waals surface area contributed by atoms with Crippen molar-refractivity contribution < 1.29 is 23.9 Å². The predicted molar refractivity (Wildman–Crippen MR) is 116 cm³/mol. The Morgan fingerprint density at radius 2 is 2.13 bits per heavy atom. The van der Waals surface area contributed by atoms with Gasteiger partial charge in [0, 0.05) is 23.1 Å². The Morgan fingerprint density at radius 3 is 2.81 bits per heavy atom. The number of anilines is 1. The van der Waals surface area contributed by atoms with E-state index in [0.29, 0.717) is 21.5 Å². The van der Waals surface area contributed by atoms with Crippen LogP contribution in [0.5, 0.6) is 0 Å². The van der Waals surface area contributed by atoms with E-state index in [2.05, 4.69) is 20.8 Å². The minimum Gasteiger partial charge on any atom is -0.464 e. The Kier molecular flexibility index (Phi) is 6.07. The fraction of sp³-hybridized carbons (Fsp3) is 0.333. The summed E-state index contributed by atoms with van der Waals surface area (Å²) in [7, 11) is 1.23. The molecule has 1 fully saturated rings. The number of thiophene rings is 1. The molecule has 4 heterocycles. The molecule has 0 saturated carbocycles. The zero-order valence-electron chi connectivity index (χ0n) is 16.4. The largest absolute Gasteiger partial charge is 0.464 e. The Bertz CT molecular complexity index is 1080. The molecule has 2 atom stereocenters. The molecule has 2 aromatic rings. The molecule has 4 rings (SSSR count). The standard InChI is InChI=1S/C18H17N5O5S3/c1-8(24)19-18-22-21-14(31-18)10-7-30-16-12(15(26)23(16)13(10)17(27)28-2)20-11(25)6-9-4-3-5-29-9/h3-5,12,16H,6-7H2,1-2H3,(H,20,25)(H,19,22,24). The molecular weight excluding hydrogens is 462 g/mol. The van der Waals surface area contributed by atoms with Gasteiger partial charge in [-0.3, -0.25) is 19.3 Å². The van der Waals surface area contributed by atoms with Gasteiger partial charge in [-0.1, -0.05) is 17.4 Å². The van der Waals surface area contributed by atoms with E-state index >= 15 is 0 Å². The predicted octanol–water partition coefficient (Wildman–Crippen LogP) is 1.08. The maximum Gasteiger partial charge on any atom is 0.355 e. The monoisotopic (exact) mass is 479 g/mol. The van der Waals surface area contributed by atoms with Gasteiger partial charge in [-0.2, -0.15) is 0 Å². The SMILES string of the molecule is COC(=O)C1=C(c2nnc(NC(C)=O)s2)CSC2C(NC(=O)Cc3cccs3)C(=O)N12. The highest BCUT2D eigenvalue weighted by Gasteiger charge is 2.54. The van der Waals surface area contributed by atoms with Crippen LogP contribution in [0.4, 0.5) is 5.13 Å². The maximum atomic E-state index is 12.9. The lowest BCUT2D eigenvalue weighted by molar-refractivity contribution is -0.151. The van der Waals surface area contributed by atoms with Gasteiger partial charge in [0.1, 0.15) is 22.1 Å². The van der Waals surface area contributed by atoms with Crippen LogP contribution in [0.25, 0.3) is 5.57 Å². The smallest absolute Gasteiger partial charge is 0.355 e. The van der Waals surface area contributed by atoms with Crippen LogP contribution in [0.3, 0.4) is 0 Å². The Hall–Kier alpha value is -2.77. The number of nitrogens with zero attached hydrogens (tertiary/aromatic N) is 3. The first-order valence-corrected chi connectivity index (χ1v) is 11.8. The topological polar surface area (TPSA) is 131 Å². The van der Waals surface area contributed by atoms with Crippen molar-refractivity contribution in [3.63, 3.8) is 0 Å². The number of carbonyl (C=O) groups excluding carboxylic acids is 4. The Morgan fingerprint density at radius 1 is 1.32 bits per heavy atom. The minimum atomic E-state index is -0.719. The Labute approximate surface area is 189 Å². The van der Waals surface area contributed by atoms with E-state index in [1.165, 1.54) is 42.0 Å². The van der Waals surface area contributed by atoms with E-state index in [9.17, 15) is 19.2 Å². The number of nitrogens with one attached hydrogen (secondary N) is 2. The fourth-order valence-corrected chi connectivity index (χ4v) is 6.19. The molecule has 0 radical (unpaired) electrons. The summed E-state index contributed by atoms with van der Waals surface area (Å²) in [6, 6.07) is 3.00. The number of thioether (sulfide) groups is 1. The second kappa shape index (κ2) is 8.77.